The van der Waals surface area contributed by atoms with Crippen molar-refractivity contribution in [2.24, 2.45) is 0 Å². The van der Waals surface area contributed by atoms with Crippen molar-refractivity contribution in [2.45, 2.75) is 17.3 Å². The summed E-state index contributed by atoms with van der Waals surface area (Å²) in [5.41, 5.74) is 0.885. The van der Waals surface area contributed by atoms with E-state index >= 15 is 0 Å². The number of hydrogen-bond donors (Lipinski definition) is 1. The number of rotatable bonds is 5. The lowest BCUT2D eigenvalue weighted by Crippen LogP contribution is -2.39. The summed E-state index contributed by atoms with van der Waals surface area (Å²) in [6, 6.07) is 13.8. The number of para-hydroxylation sites is 1. The van der Waals surface area contributed by atoms with E-state index in [4.69, 9.17) is 4.74 Å². The molecular weight excluding hydrogens is 404 g/mol. The molecule has 0 radical (unpaired) electrons. The molecule has 1 aliphatic heterocycles. The molecule has 3 aromatic rings. The fraction of sp³-hybridized carbons (Fsp3) is 0.238. The van der Waals surface area contributed by atoms with Crippen LogP contribution in [0.25, 0.3) is 16.6 Å². The molecule has 0 aliphatic carbocycles. The highest BCUT2D eigenvalue weighted by Crippen LogP contribution is 2.27. The zero-order valence-electron chi connectivity index (χ0n) is 16.5. The van der Waals surface area contributed by atoms with E-state index in [1.165, 1.54) is 9.47 Å². The molecule has 1 aliphatic rings. The Bertz CT molecular complexity index is 1190. The van der Waals surface area contributed by atoms with Crippen LogP contribution in [-0.4, -0.2) is 51.8 Å². The summed E-state index contributed by atoms with van der Waals surface area (Å²) in [5, 5.41) is 2.85. The largest absolute Gasteiger partial charge is 0.497 e. The van der Waals surface area contributed by atoms with Crippen LogP contribution in [0, 0.1) is 0 Å². The minimum absolute atomic E-state index is 0.241. The number of thioether (sulfide) groups is 1. The summed E-state index contributed by atoms with van der Waals surface area (Å²) in [7, 11) is 1.55. The van der Waals surface area contributed by atoms with E-state index < -0.39 is 11.3 Å². The number of aromatic nitrogens is 2. The van der Waals surface area contributed by atoms with Gasteiger partial charge in [0.25, 0.3) is 5.56 Å². The predicted octanol–water partition coefficient (Wildman–Crippen LogP) is 2.43. The first-order valence-electron chi connectivity index (χ1n) is 9.41. The second-order valence-corrected chi connectivity index (χ2v) is 8.04. The molecule has 1 aromatic heterocycles. The first kappa shape index (κ1) is 20.0. The number of urea groups is 1. The highest BCUT2D eigenvalue weighted by Gasteiger charge is 2.31. The molecule has 2 heterocycles. The van der Waals surface area contributed by atoms with Gasteiger partial charge in [-0.2, -0.15) is 0 Å². The lowest BCUT2D eigenvalue weighted by molar-refractivity contribution is -0.126. The summed E-state index contributed by atoms with van der Waals surface area (Å²) >= 11 is 1.14. The van der Waals surface area contributed by atoms with E-state index in [0.717, 1.165) is 11.8 Å². The van der Waals surface area contributed by atoms with Crippen molar-refractivity contribution in [1.82, 2.24) is 19.8 Å². The Morgan fingerprint density at radius 1 is 1.20 bits per heavy atom. The molecule has 3 amide bonds. The molecule has 4 rings (SSSR count). The van der Waals surface area contributed by atoms with Gasteiger partial charge in [0.1, 0.15) is 5.75 Å². The van der Waals surface area contributed by atoms with Gasteiger partial charge in [0.05, 0.1) is 29.0 Å². The van der Waals surface area contributed by atoms with Gasteiger partial charge in [-0.05, 0) is 31.2 Å². The first-order valence-corrected chi connectivity index (χ1v) is 10.3. The lowest BCUT2D eigenvalue weighted by atomic mass is 10.2. The fourth-order valence-corrected chi connectivity index (χ4v) is 4.27. The molecule has 1 N–H and O–H groups in total. The van der Waals surface area contributed by atoms with Crippen molar-refractivity contribution in [2.75, 3.05) is 20.2 Å². The average Bonchev–Trinajstić information content (AvgIpc) is 3.19. The zero-order chi connectivity index (χ0) is 21.3. The van der Waals surface area contributed by atoms with Crippen molar-refractivity contribution in [3.63, 3.8) is 0 Å². The minimum Gasteiger partial charge on any atom is -0.497 e. The number of benzene rings is 2. The van der Waals surface area contributed by atoms with Gasteiger partial charge < -0.3 is 10.1 Å². The molecule has 0 saturated carbocycles. The monoisotopic (exact) mass is 424 g/mol. The summed E-state index contributed by atoms with van der Waals surface area (Å²) in [5.74, 6) is 0.274. The van der Waals surface area contributed by atoms with Crippen molar-refractivity contribution in [3.05, 3.63) is 58.9 Å². The molecule has 30 heavy (non-hydrogen) atoms. The number of hydrogen-bond acceptors (Lipinski definition) is 6. The molecule has 1 saturated heterocycles. The van der Waals surface area contributed by atoms with E-state index in [0.29, 0.717) is 40.6 Å². The Kier molecular flexibility index (Phi) is 5.45. The van der Waals surface area contributed by atoms with Crippen LogP contribution in [0.15, 0.2) is 58.5 Å². The number of carbonyl (C=O) groups excluding carboxylic acids is 2. The van der Waals surface area contributed by atoms with Gasteiger partial charge in [-0.15, -0.1) is 0 Å². The number of imide groups is 1. The van der Waals surface area contributed by atoms with Gasteiger partial charge in [-0.1, -0.05) is 30.0 Å². The number of ether oxygens (including phenoxy) is 1. The fourth-order valence-electron chi connectivity index (χ4n) is 3.28. The smallest absolute Gasteiger partial charge is 0.324 e. The maximum atomic E-state index is 13.3. The summed E-state index contributed by atoms with van der Waals surface area (Å²) in [6.07, 6.45) is 0. The zero-order valence-corrected chi connectivity index (χ0v) is 17.3. The van der Waals surface area contributed by atoms with Crippen molar-refractivity contribution in [3.8, 4) is 11.4 Å². The van der Waals surface area contributed by atoms with E-state index in [1.54, 1.807) is 56.5 Å². The second-order valence-electron chi connectivity index (χ2n) is 6.74. The van der Waals surface area contributed by atoms with Crippen LogP contribution in [0.5, 0.6) is 5.75 Å². The van der Waals surface area contributed by atoms with Gasteiger partial charge in [0, 0.05) is 19.2 Å². The second kappa shape index (κ2) is 8.19. The van der Waals surface area contributed by atoms with Crippen LogP contribution in [0.4, 0.5) is 4.79 Å². The maximum absolute atomic E-state index is 13.3. The Balaban J connectivity index is 1.80. The number of carbonyl (C=O) groups is 2. The Morgan fingerprint density at radius 3 is 2.73 bits per heavy atom. The van der Waals surface area contributed by atoms with E-state index in [2.05, 4.69) is 10.3 Å². The number of nitrogens with zero attached hydrogens (tertiary/aromatic N) is 3. The molecule has 0 spiro atoms. The third kappa shape index (κ3) is 3.63. The quantitative estimate of drug-likeness (QED) is 0.499. The molecule has 1 unspecified atom stereocenters. The van der Waals surface area contributed by atoms with Crippen molar-refractivity contribution >= 4 is 34.6 Å². The maximum Gasteiger partial charge on any atom is 0.324 e. The molecule has 8 nitrogen and oxygen atoms in total. The van der Waals surface area contributed by atoms with Crippen LogP contribution in [-0.2, 0) is 4.79 Å². The van der Waals surface area contributed by atoms with E-state index in [1.807, 2.05) is 6.07 Å². The SMILES string of the molecule is COc1cccc(-n2c(SC(C)C(=O)N3CCNC3=O)nc3ccccc3c2=O)c1. The van der Waals surface area contributed by atoms with Crippen LogP contribution in [0.3, 0.4) is 0 Å². The number of amides is 3. The van der Waals surface area contributed by atoms with Gasteiger partial charge in [-0.3, -0.25) is 19.1 Å². The molecule has 2 aromatic carbocycles. The van der Waals surface area contributed by atoms with Crippen molar-refractivity contribution in [1.29, 1.82) is 0 Å². The summed E-state index contributed by atoms with van der Waals surface area (Å²) < 4.78 is 6.77. The molecule has 1 atom stereocenters. The summed E-state index contributed by atoms with van der Waals surface area (Å²) in [6.45, 7) is 2.47. The Labute approximate surface area is 176 Å². The normalized spacial score (nSPS) is 14.6. The predicted molar refractivity (Wildman–Crippen MR) is 114 cm³/mol. The molecule has 0 bridgehead atoms. The Morgan fingerprint density at radius 2 is 2.00 bits per heavy atom. The topological polar surface area (TPSA) is 93.5 Å². The molecule has 1 fully saturated rings. The average molecular weight is 424 g/mol. The van der Waals surface area contributed by atoms with Crippen LogP contribution >= 0.6 is 11.8 Å². The Hall–Kier alpha value is -3.33. The van der Waals surface area contributed by atoms with Crippen LogP contribution < -0.4 is 15.6 Å². The van der Waals surface area contributed by atoms with Crippen LogP contribution in [0.1, 0.15) is 6.92 Å². The lowest BCUT2D eigenvalue weighted by Gasteiger charge is -2.19. The minimum atomic E-state index is -0.612. The third-order valence-corrected chi connectivity index (χ3v) is 5.85. The van der Waals surface area contributed by atoms with Gasteiger partial charge in [0.2, 0.25) is 5.91 Å². The van der Waals surface area contributed by atoms with Gasteiger partial charge in [0.15, 0.2) is 5.16 Å². The highest BCUT2D eigenvalue weighted by atomic mass is 32.2. The number of fused-ring (bicyclic) bond motifs is 1. The van der Waals surface area contributed by atoms with Crippen LogP contribution in [0.2, 0.25) is 0 Å². The first-order chi connectivity index (χ1) is 14.5. The van der Waals surface area contributed by atoms with Gasteiger partial charge >= 0.3 is 6.03 Å². The van der Waals surface area contributed by atoms with Crippen molar-refractivity contribution < 1.29 is 14.3 Å². The molecule has 154 valence electrons. The third-order valence-electron chi connectivity index (χ3n) is 4.81. The van der Waals surface area contributed by atoms with E-state index in [-0.39, 0.29) is 11.5 Å². The number of nitrogens with one attached hydrogen (secondary N) is 1. The summed E-state index contributed by atoms with van der Waals surface area (Å²) in [4.78, 5) is 43.8. The molecule has 9 heteroatoms. The van der Waals surface area contributed by atoms with Gasteiger partial charge in [-0.25, -0.2) is 9.78 Å². The van der Waals surface area contributed by atoms with E-state index in [9.17, 15) is 14.4 Å². The standard InChI is InChI=1S/C21H20N4O4S/c1-13(18(26)24-11-10-22-20(24)28)30-21-23-17-9-4-3-8-16(17)19(27)25(21)14-6-5-7-15(12-14)29-2/h3-9,12-13H,10-11H2,1-2H3,(H,22,28). The number of methoxy groups -OCH3 is 1. The highest BCUT2D eigenvalue weighted by molar-refractivity contribution is 8.00. The molecular formula is C21H20N4O4S.